The molecular formula is C19H17ClN6O2. The van der Waals surface area contributed by atoms with E-state index in [0.717, 1.165) is 18.2 Å². The van der Waals surface area contributed by atoms with Crippen LogP contribution in [0.5, 0.6) is 0 Å². The third kappa shape index (κ3) is 3.49. The predicted molar refractivity (Wildman–Crippen MR) is 104 cm³/mol. The van der Waals surface area contributed by atoms with Crippen molar-refractivity contribution in [1.29, 1.82) is 5.26 Å². The number of nitrogens with one attached hydrogen (secondary N) is 2. The van der Waals surface area contributed by atoms with Crippen molar-refractivity contribution in [3.05, 3.63) is 35.2 Å². The fraction of sp³-hybridized carbons (Fsp3) is 0.316. The molecule has 8 nitrogen and oxygen atoms in total. The highest BCUT2D eigenvalue weighted by atomic mass is 35.5. The van der Waals surface area contributed by atoms with Gasteiger partial charge in [0.1, 0.15) is 11.7 Å². The Morgan fingerprint density at radius 3 is 3.00 bits per heavy atom. The van der Waals surface area contributed by atoms with E-state index in [4.69, 9.17) is 11.6 Å². The normalized spacial score (nSPS) is 19.3. The van der Waals surface area contributed by atoms with Gasteiger partial charge in [-0.3, -0.25) is 4.79 Å². The summed E-state index contributed by atoms with van der Waals surface area (Å²) in [6.07, 6.45) is 7.67. The molecule has 0 saturated heterocycles. The van der Waals surface area contributed by atoms with E-state index >= 15 is 0 Å². The van der Waals surface area contributed by atoms with Crippen LogP contribution in [0.4, 0.5) is 5.95 Å². The number of hydrogen-bond acceptors (Lipinski definition) is 6. The number of halogens is 1. The Labute approximate surface area is 165 Å². The van der Waals surface area contributed by atoms with Crippen LogP contribution in [-0.4, -0.2) is 37.1 Å². The number of aromatic nitrogens is 4. The summed E-state index contributed by atoms with van der Waals surface area (Å²) < 4.78 is 0. The molecule has 0 amide bonds. The highest BCUT2D eigenvalue weighted by molar-refractivity contribution is 6.31. The van der Waals surface area contributed by atoms with Crippen molar-refractivity contribution < 1.29 is 9.90 Å². The minimum Gasteiger partial charge on any atom is -0.481 e. The van der Waals surface area contributed by atoms with E-state index in [9.17, 15) is 15.2 Å². The second-order valence-electron chi connectivity index (χ2n) is 6.86. The first-order valence-corrected chi connectivity index (χ1v) is 9.32. The first-order valence-electron chi connectivity index (χ1n) is 8.94. The number of nitrogens with zero attached hydrogens (tertiary/aromatic N) is 4. The van der Waals surface area contributed by atoms with Crippen LogP contribution in [0.25, 0.3) is 22.3 Å². The molecule has 142 valence electrons. The highest BCUT2D eigenvalue weighted by Crippen LogP contribution is 2.31. The number of H-pyrrole nitrogens is 1. The van der Waals surface area contributed by atoms with Crippen molar-refractivity contribution in [3.63, 3.8) is 0 Å². The number of carboxylic acid groups (broad SMARTS) is 1. The topological polar surface area (TPSA) is 128 Å². The van der Waals surface area contributed by atoms with Gasteiger partial charge in [0, 0.05) is 29.4 Å². The number of aromatic amines is 1. The van der Waals surface area contributed by atoms with Gasteiger partial charge in [0.2, 0.25) is 5.95 Å². The van der Waals surface area contributed by atoms with E-state index in [1.54, 1.807) is 18.5 Å². The SMILES string of the molecule is N#Cc1cnc(N[C@H]2CCC[C@@H](C(=O)O)C2)nc1-c1c[nH]c2ncc(Cl)cc12. The fourth-order valence-electron chi connectivity index (χ4n) is 3.64. The largest absolute Gasteiger partial charge is 0.481 e. The second kappa shape index (κ2) is 7.44. The molecule has 0 aliphatic heterocycles. The van der Waals surface area contributed by atoms with Gasteiger partial charge in [-0.05, 0) is 25.3 Å². The lowest BCUT2D eigenvalue weighted by atomic mass is 9.86. The van der Waals surface area contributed by atoms with Crippen LogP contribution in [0.15, 0.2) is 24.7 Å². The van der Waals surface area contributed by atoms with Gasteiger partial charge >= 0.3 is 5.97 Å². The molecule has 3 aromatic heterocycles. The number of hydrogen-bond donors (Lipinski definition) is 3. The Morgan fingerprint density at radius 1 is 1.36 bits per heavy atom. The third-order valence-electron chi connectivity index (χ3n) is 5.02. The molecule has 28 heavy (non-hydrogen) atoms. The molecule has 3 heterocycles. The summed E-state index contributed by atoms with van der Waals surface area (Å²) in [6, 6.07) is 3.87. The first-order chi connectivity index (χ1) is 13.5. The molecule has 0 unspecified atom stereocenters. The molecule has 0 aromatic carbocycles. The summed E-state index contributed by atoms with van der Waals surface area (Å²) in [5.41, 5.74) is 2.16. The quantitative estimate of drug-likeness (QED) is 0.614. The number of carboxylic acids is 1. The van der Waals surface area contributed by atoms with Gasteiger partial charge < -0.3 is 15.4 Å². The zero-order valence-corrected chi connectivity index (χ0v) is 15.6. The summed E-state index contributed by atoms with van der Waals surface area (Å²) in [4.78, 5) is 27.4. The number of pyridine rings is 1. The Kier molecular flexibility index (Phi) is 4.84. The van der Waals surface area contributed by atoms with Crippen LogP contribution in [-0.2, 0) is 4.79 Å². The van der Waals surface area contributed by atoms with Crippen LogP contribution in [0.1, 0.15) is 31.2 Å². The van der Waals surface area contributed by atoms with Gasteiger partial charge in [0.25, 0.3) is 0 Å². The molecule has 4 rings (SSSR count). The Morgan fingerprint density at radius 2 is 2.21 bits per heavy atom. The van der Waals surface area contributed by atoms with Crippen LogP contribution in [0, 0.1) is 17.2 Å². The number of carbonyl (C=O) groups is 1. The highest BCUT2D eigenvalue weighted by Gasteiger charge is 2.27. The molecule has 9 heteroatoms. The molecule has 3 N–H and O–H groups in total. The van der Waals surface area contributed by atoms with Crippen molar-refractivity contribution in [2.75, 3.05) is 5.32 Å². The number of nitriles is 1. The Hall–Kier alpha value is -3.18. The van der Waals surface area contributed by atoms with Crippen LogP contribution >= 0.6 is 11.6 Å². The average molecular weight is 397 g/mol. The molecular weight excluding hydrogens is 380 g/mol. The lowest BCUT2D eigenvalue weighted by Crippen LogP contribution is -2.31. The summed E-state index contributed by atoms with van der Waals surface area (Å²) in [7, 11) is 0. The van der Waals surface area contributed by atoms with Crippen molar-refractivity contribution in [2.45, 2.75) is 31.7 Å². The van der Waals surface area contributed by atoms with E-state index in [1.165, 1.54) is 6.20 Å². The maximum atomic E-state index is 11.3. The van der Waals surface area contributed by atoms with E-state index in [0.29, 0.717) is 46.3 Å². The standard InChI is InChI=1S/C19H17ClN6O2/c20-12-5-14-15(9-23-17(14)22-8-12)16-11(6-21)7-24-19(26-16)25-13-3-1-2-10(4-13)18(27)28/h5,7-10,13H,1-4H2,(H,22,23)(H,27,28)(H,24,25,26)/t10-,13+/m1/s1. The zero-order chi connectivity index (χ0) is 19.7. The molecule has 0 radical (unpaired) electrons. The maximum Gasteiger partial charge on any atom is 0.306 e. The van der Waals surface area contributed by atoms with Gasteiger partial charge in [0.05, 0.1) is 28.4 Å². The summed E-state index contributed by atoms with van der Waals surface area (Å²) in [5, 5.41) is 23.2. The molecule has 1 aliphatic carbocycles. The Bertz CT molecular complexity index is 1090. The van der Waals surface area contributed by atoms with Crippen LogP contribution in [0.3, 0.4) is 0 Å². The molecule has 0 spiro atoms. The van der Waals surface area contributed by atoms with Gasteiger partial charge in [-0.25, -0.2) is 15.0 Å². The lowest BCUT2D eigenvalue weighted by Gasteiger charge is -2.27. The zero-order valence-electron chi connectivity index (χ0n) is 14.8. The van der Waals surface area contributed by atoms with E-state index in [2.05, 4.69) is 31.3 Å². The minimum absolute atomic E-state index is 0.0188. The summed E-state index contributed by atoms with van der Waals surface area (Å²) in [5.74, 6) is -0.753. The van der Waals surface area contributed by atoms with Crippen molar-refractivity contribution in [3.8, 4) is 17.3 Å². The van der Waals surface area contributed by atoms with Crippen molar-refractivity contribution in [1.82, 2.24) is 19.9 Å². The number of anilines is 1. The van der Waals surface area contributed by atoms with Gasteiger partial charge in [-0.1, -0.05) is 18.0 Å². The van der Waals surface area contributed by atoms with E-state index in [-0.39, 0.29) is 12.0 Å². The predicted octanol–water partition coefficient (Wildman–Crippen LogP) is 3.60. The molecule has 2 atom stereocenters. The Balaban J connectivity index is 1.68. The molecule has 1 aliphatic rings. The van der Waals surface area contributed by atoms with E-state index < -0.39 is 5.97 Å². The first kappa shape index (κ1) is 18.2. The fourth-order valence-corrected chi connectivity index (χ4v) is 3.80. The summed E-state index contributed by atoms with van der Waals surface area (Å²) >= 11 is 6.07. The second-order valence-corrected chi connectivity index (χ2v) is 7.30. The van der Waals surface area contributed by atoms with Gasteiger partial charge in [-0.2, -0.15) is 5.26 Å². The van der Waals surface area contributed by atoms with Crippen molar-refractivity contribution >= 4 is 34.6 Å². The monoisotopic (exact) mass is 396 g/mol. The average Bonchev–Trinajstić information content (AvgIpc) is 3.11. The maximum absolute atomic E-state index is 11.3. The summed E-state index contributed by atoms with van der Waals surface area (Å²) in [6.45, 7) is 0. The minimum atomic E-state index is -0.767. The van der Waals surface area contributed by atoms with Gasteiger partial charge in [0.15, 0.2) is 0 Å². The van der Waals surface area contributed by atoms with Crippen molar-refractivity contribution in [2.24, 2.45) is 5.92 Å². The molecule has 0 bridgehead atoms. The number of rotatable bonds is 4. The molecule has 1 saturated carbocycles. The van der Waals surface area contributed by atoms with Crippen LogP contribution < -0.4 is 5.32 Å². The number of aliphatic carboxylic acids is 1. The molecule has 3 aromatic rings. The third-order valence-corrected chi connectivity index (χ3v) is 5.23. The number of fused-ring (bicyclic) bond motifs is 1. The lowest BCUT2D eigenvalue weighted by molar-refractivity contribution is -0.142. The van der Waals surface area contributed by atoms with Gasteiger partial charge in [-0.15, -0.1) is 0 Å². The van der Waals surface area contributed by atoms with E-state index in [1.807, 2.05) is 0 Å². The smallest absolute Gasteiger partial charge is 0.306 e. The van der Waals surface area contributed by atoms with Crippen LogP contribution in [0.2, 0.25) is 5.02 Å². The molecule has 1 fully saturated rings.